The van der Waals surface area contributed by atoms with Gasteiger partial charge in [0.25, 0.3) is 0 Å². The third-order valence-corrected chi connectivity index (χ3v) is 7.89. The van der Waals surface area contributed by atoms with Gasteiger partial charge in [-0.2, -0.15) is 0 Å². The van der Waals surface area contributed by atoms with E-state index in [0.717, 1.165) is 51.3 Å². The smallest absolute Gasteiger partial charge is 0.0659 e. The van der Waals surface area contributed by atoms with Gasteiger partial charge in [-0.15, -0.1) is 0 Å². The second kappa shape index (κ2) is 12.5. The fourth-order valence-electron chi connectivity index (χ4n) is 5.76. The van der Waals surface area contributed by atoms with Gasteiger partial charge >= 0.3 is 0 Å². The van der Waals surface area contributed by atoms with Gasteiger partial charge in [0.05, 0.1) is 22.8 Å². The molecule has 2 N–H and O–H groups in total. The summed E-state index contributed by atoms with van der Waals surface area (Å²) in [5, 5.41) is 0. The summed E-state index contributed by atoms with van der Waals surface area (Å²) in [5.41, 5.74) is 10.8. The second-order valence-electron chi connectivity index (χ2n) is 11.1. The van der Waals surface area contributed by atoms with E-state index >= 15 is 0 Å². The molecular weight excluding hydrogens is 504 g/mol. The van der Waals surface area contributed by atoms with Crippen LogP contribution in [0, 0.1) is 0 Å². The van der Waals surface area contributed by atoms with Crippen LogP contribution in [0.3, 0.4) is 0 Å². The van der Waals surface area contributed by atoms with Gasteiger partial charge in [-0.3, -0.25) is 9.88 Å². The number of hydrogen-bond donors (Lipinski definition) is 2. The highest BCUT2D eigenvalue weighted by Crippen LogP contribution is 2.29. The molecular formula is C35H38N6. The molecule has 0 aliphatic carbocycles. The van der Waals surface area contributed by atoms with E-state index in [-0.39, 0.29) is 0 Å². The van der Waals surface area contributed by atoms with Crippen molar-refractivity contribution in [1.29, 1.82) is 0 Å². The highest BCUT2D eigenvalue weighted by Gasteiger charge is 2.22. The Labute approximate surface area is 241 Å². The summed E-state index contributed by atoms with van der Waals surface area (Å²) < 4.78 is 0. The molecule has 0 saturated carbocycles. The third kappa shape index (κ3) is 6.72. The summed E-state index contributed by atoms with van der Waals surface area (Å²) >= 11 is 0. The van der Waals surface area contributed by atoms with Crippen molar-refractivity contribution < 1.29 is 0 Å². The molecule has 7 heterocycles. The van der Waals surface area contributed by atoms with E-state index in [2.05, 4.69) is 87.3 Å². The number of pyridine rings is 1. The first-order chi connectivity index (χ1) is 20.1. The van der Waals surface area contributed by atoms with Crippen LogP contribution in [0.25, 0.3) is 46.4 Å². The van der Waals surface area contributed by atoms with Gasteiger partial charge in [-0.25, -0.2) is 9.97 Å². The molecule has 1 fully saturated rings. The molecule has 4 aromatic heterocycles. The molecule has 0 aromatic carbocycles. The van der Waals surface area contributed by atoms with Crippen molar-refractivity contribution in [3.63, 3.8) is 0 Å². The molecule has 6 nitrogen and oxygen atoms in total. The van der Waals surface area contributed by atoms with Gasteiger partial charge in [0.1, 0.15) is 0 Å². The molecule has 1 atom stereocenters. The van der Waals surface area contributed by atoms with Crippen LogP contribution >= 0.6 is 0 Å². The van der Waals surface area contributed by atoms with Gasteiger partial charge < -0.3 is 9.97 Å². The normalized spacial score (nSPS) is 16.1. The van der Waals surface area contributed by atoms with Crippen LogP contribution in [-0.4, -0.2) is 43.4 Å². The van der Waals surface area contributed by atoms with E-state index in [4.69, 9.17) is 4.98 Å². The number of rotatable bonds is 5. The molecule has 7 rings (SSSR count). The lowest BCUT2D eigenvalue weighted by atomic mass is 10.1. The van der Waals surface area contributed by atoms with Crippen LogP contribution in [0.15, 0.2) is 67.0 Å². The molecule has 8 bridgehead atoms. The molecule has 0 spiro atoms. The molecule has 3 aliphatic heterocycles. The minimum absolute atomic E-state index is 0.610. The first-order valence-electron chi connectivity index (χ1n) is 14.8. The number of aryl methyl sites for hydroxylation is 1. The third-order valence-electron chi connectivity index (χ3n) is 7.89. The minimum atomic E-state index is 0.610. The van der Waals surface area contributed by atoms with Crippen molar-refractivity contribution in [2.24, 2.45) is 0 Å². The van der Waals surface area contributed by atoms with E-state index < -0.39 is 0 Å². The SMILES string of the molecule is CCCCCc1cc2cc3ccc(cc4nc(cc5nc(cc1[nH]2)C=C5)C=C4)[nH]3.CN1CCCC1c1cccnc1. The minimum Gasteiger partial charge on any atom is -0.355 e. The lowest BCUT2D eigenvalue weighted by Crippen LogP contribution is -2.17. The van der Waals surface area contributed by atoms with E-state index in [9.17, 15) is 0 Å². The van der Waals surface area contributed by atoms with Gasteiger partial charge in [0, 0.05) is 40.5 Å². The molecule has 4 aromatic rings. The molecule has 208 valence electrons. The van der Waals surface area contributed by atoms with Crippen LogP contribution in [0.2, 0.25) is 0 Å². The average Bonchev–Trinajstić information content (AvgIpc) is 3.81. The Hall–Kier alpha value is -4.29. The Morgan fingerprint density at radius 1 is 0.805 bits per heavy atom. The average molecular weight is 543 g/mol. The Balaban J connectivity index is 0.000000210. The summed E-state index contributed by atoms with van der Waals surface area (Å²) in [5.74, 6) is 0. The molecule has 1 saturated heterocycles. The van der Waals surface area contributed by atoms with Crippen molar-refractivity contribution in [3.05, 3.63) is 101 Å². The van der Waals surface area contributed by atoms with Crippen LogP contribution in [0.4, 0.5) is 0 Å². The lowest BCUT2D eigenvalue weighted by molar-refractivity contribution is 0.317. The van der Waals surface area contributed by atoms with Crippen molar-refractivity contribution in [1.82, 2.24) is 29.8 Å². The molecule has 0 radical (unpaired) electrons. The number of nitrogens with one attached hydrogen (secondary N) is 2. The summed E-state index contributed by atoms with van der Waals surface area (Å²) in [4.78, 5) is 23.0. The summed E-state index contributed by atoms with van der Waals surface area (Å²) in [6, 6.07) is 19.6. The molecule has 6 heteroatoms. The lowest BCUT2D eigenvalue weighted by Gasteiger charge is -2.18. The van der Waals surface area contributed by atoms with Crippen molar-refractivity contribution in [2.75, 3.05) is 13.6 Å². The molecule has 1 unspecified atom stereocenters. The first-order valence-corrected chi connectivity index (χ1v) is 14.8. The van der Waals surface area contributed by atoms with Crippen LogP contribution < -0.4 is 0 Å². The fourth-order valence-corrected chi connectivity index (χ4v) is 5.76. The number of aromatic amines is 2. The van der Waals surface area contributed by atoms with E-state index in [1.807, 2.05) is 42.8 Å². The zero-order chi connectivity index (χ0) is 28.0. The largest absolute Gasteiger partial charge is 0.355 e. The number of unbranched alkanes of at least 4 members (excludes halogenated alkanes) is 2. The maximum absolute atomic E-state index is 4.76. The number of likely N-dealkylation sites (tertiary alicyclic amines) is 1. The highest BCUT2D eigenvalue weighted by atomic mass is 15.1. The van der Waals surface area contributed by atoms with Gasteiger partial charge in [-0.1, -0.05) is 25.8 Å². The quantitative estimate of drug-likeness (QED) is 0.215. The van der Waals surface area contributed by atoms with Crippen LogP contribution in [0.5, 0.6) is 0 Å². The molecule has 0 amide bonds. The topological polar surface area (TPSA) is 73.5 Å². The molecule has 41 heavy (non-hydrogen) atoms. The van der Waals surface area contributed by atoms with Gasteiger partial charge in [0.15, 0.2) is 0 Å². The van der Waals surface area contributed by atoms with Crippen molar-refractivity contribution >= 4 is 46.4 Å². The number of aromatic nitrogens is 5. The highest BCUT2D eigenvalue weighted by molar-refractivity contribution is 5.78. The first kappa shape index (κ1) is 26.9. The number of nitrogens with zero attached hydrogens (tertiary/aromatic N) is 4. The molecule has 3 aliphatic rings. The Kier molecular flexibility index (Phi) is 8.19. The standard InChI is InChI=1S/C25H24N4.C10H14N2/c1-2-3-4-5-17-12-24-15-22-9-8-20(27-22)13-18-6-7-19(26-18)14-21-10-11-23(28-21)16-25(17)29-24;1-12-7-3-5-10(12)9-4-2-6-11-8-9/h6-16,27,29H,2-5H2,1H3;2,4,6,8,10H,3,5,7H2,1H3. The fraction of sp³-hybridized carbons (Fsp3) is 0.286. The summed E-state index contributed by atoms with van der Waals surface area (Å²) in [6.45, 7) is 3.46. The predicted molar refractivity (Wildman–Crippen MR) is 171 cm³/mol. The van der Waals surface area contributed by atoms with Crippen LogP contribution in [-0.2, 0) is 6.42 Å². The number of hydrogen-bond acceptors (Lipinski definition) is 4. The van der Waals surface area contributed by atoms with E-state index in [1.54, 1.807) is 0 Å². The monoisotopic (exact) mass is 542 g/mol. The van der Waals surface area contributed by atoms with Gasteiger partial charge in [0.2, 0.25) is 0 Å². The number of H-pyrrole nitrogens is 2. The second-order valence-corrected chi connectivity index (χ2v) is 11.1. The van der Waals surface area contributed by atoms with Crippen molar-refractivity contribution in [3.8, 4) is 0 Å². The maximum Gasteiger partial charge on any atom is 0.0659 e. The summed E-state index contributed by atoms with van der Waals surface area (Å²) in [6.07, 6.45) is 19.3. The van der Waals surface area contributed by atoms with E-state index in [1.165, 1.54) is 49.8 Å². The number of fused-ring (bicyclic) bond motifs is 8. The van der Waals surface area contributed by atoms with Crippen molar-refractivity contribution in [2.45, 2.75) is 51.5 Å². The van der Waals surface area contributed by atoms with Crippen LogP contribution in [0.1, 0.15) is 79.0 Å². The Morgan fingerprint density at radius 3 is 2.22 bits per heavy atom. The maximum atomic E-state index is 4.76. The van der Waals surface area contributed by atoms with E-state index in [0.29, 0.717) is 6.04 Å². The predicted octanol–water partition coefficient (Wildman–Crippen LogP) is 8.24. The zero-order valence-corrected chi connectivity index (χ0v) is 24.0. The zero-order valence-electron chi connectivity index (χ0n) is 24.0. The van der Waals surface area contributed by atoms with Gasteiger partial charge in [-0.05, 0) is 123 Å². The Bertz CT molecular complexity index is 1710. The Morgan fingerprint density at radius 2 is 1.54 bits per heavy atom. The summed E-state index contributed by atoms with van der Waals surface area (Å²) in [7, 11) is 2.19.